The number of sulfonamides is 1. The van der Waals surface area contributed by atoms with E-state index in [2.05, 4.69) is 9.71 Å². The topological polar surface area (TPSA) is 86.1 Å². The Morgan fingerprint density at radius 2 is 1.97 bits per heavy atom. The largest absolute Gasteiger partial charge is 0.495 e. The van der Waals surface area contributed by atoms with E-state index in [1.54, 1.807) is 18.3 Å². The molecule has 1 aliphatic carbocycles. The zero-order valence-corrected chi connectivity index (χ0v) is 18.0. The summed E-state index contributed by atoms with van der Waals surface area (Å²) in [5, 5.41) is 4.74. The van der Waals surface area contributed by atoms with E-state index in [0.717, 1.165) is 29.8 Å². The number of benzene rings is 1. The van der Waals surface area contributed by atoms with Crippen molar-refractivity contribution in [2.75, 3.05) is 7.11 Å². The summed E-state index contributed by atoms with van der Waals surface area (Å²) in [7, 11) is -2.29. The first kappa shape index (κ1) is 20.6. The van der Waals surface area contributed by atoms with Crippen LogP contribution in [-0.4, -0.2) is 30.3 Å². The molecular weight excluding hydrogens is 400 g/mol. The van der Waals surface area contributed by atoms with Gasteiger partial charge in [-0.1, -0.05) is 25.0 Å². The van der Waals surface area contributed by atoms with E-state index in [9.17, 15) is 8.42 Å². The van der Waals surface area contributed by atoms with Gasteiger partial charge in [0.25, 0.3) is 0 Å². The molecule has 158 valence electrons. The Hall–Kier alpha value is -2.71. The van der Waals surface area contributed by atoms with Gasteiger partial charge >= 0.3 is 0 Å². The van der Waals surface area contributed by atoms with Gasteiger partial charge in [0.15, 0.2) is 0 Å². The molecule has 1 fully saturated rings. The molecule has 1 N–H and O–H groups in total. The van der Waals surface area contributed by atoms with Crippen molar-refractivity contribution < 1.29 is 13.2 Å². The molecule has 2 heterocycles. The number of aromatic nitrogens is 3. The fourth-order valence-corrected chi connectivity index (χ4v) is 5.16. The third kappa shape index (κ3) is 4.24. The van der Waals surface area contributed by atoms with Crippen molar-refractivity contribution in [1.82, 2.24) is 19.5 Å². The molecule has 0 saturated heterocycles. The van der Waals surface area contributed by atoms with Crippen LogP contribution in [0, 0.1) is 6.92 Å². The molecular formula is C22H26N4O3S. The number of pyridine rings is 1. The highest BCUT2D eigenvalue weighted by atomic mass is 32.2. The first-order chi connectivity index (χ1) is 14.5. The van der Waals surface area contributed by atoms with E-state index >= 15 is 0 Å². The van der Waals surface area contributed by atoms with E-state index in [4.69, 9.17) is 9.84 Å². The lowest BCUT2D eigenvalue weighted by Crippen LogP contribution is -2.24. The molecule has 0 spiro atoms. The molecule has 7 nitrogen and oxygen atoms in total. The van der Waals surface area contributed by atoms with Gasteiger partial charge in [0.2, 0.25) is 10.0 Å². The summed E-state index contributed by atoms with van der Waals surface area (Å²) in [5.41, 5.74) is 3.27. The van der Waals surface area contributed by atoms with Gasteiger partial charge in [-0.3, -0.25) is 9.67 Å². The summed E-state index contributed by atoms with van der Waals surface area (Å²) in [5.74, 6) is 0.318. The highest BCUT2D eigenvalue weighted by Gasteiger charge is 2.24. The first-order valence-electron chi connectivity index (χ1n) is 10.1. The number of ether oxygens (including phenoxy) is 1. The average molecular weight is 427 g/mol. The molecule has 1 aliphatic rings. The first-order valence-corrected chi connectivity index (χ1v) is 11.6. The fourth-order valence-electron chi connectivity index (χ4n) is 3.90. The maximum absolute atomic E-state index is 12.9. The van der Waals surface area contributed by atoms with Gasteiger partial charge in [-0.05, 0) is 55.7 Å². The molecule has 30 heavy (non-hydrogen) atoms. The normalized spacial score (nSPS) is 14.9. The van der Waals surface area contributed by atoms with Crippen LogP contribution in [0.3, 0.4) is 0 Å². The van der Waals surface area contributed by atoms with Crippen LogP contribution in [0.2, 0.25) is 0 Å². The van der Waals surface area contributed by atoms with Crippen LogP contribution in [-0.2, 0) is 16.6 Å². The van der Waals surface area contributed by atoms with Crippen molar-refractivity contribution in [3.63, 3.8) is 0 Å². The van der Waals surface area contributed by atoms with Gasteiger partial charge < -0.3 is 4.74 Å². The number of hydrogen-bond donors (Lipinski definition) is 1. The Balaban J connectivity index is 1.62. The van der Waals surface area contributed by atoms with Crippen LogP contribution in [0.1, 0.15) is 43.0 Å². The van der Waals surface area contributed by atoms with E-state index in [1.165, 1.54) is 20.0 Å². The summed E-state index contributed by atoms with van der Waals surface area (Å²) in [4.78, 5) is 4.60. The lowest BCUT2D eigenvalue weighted by Gasteiger charge is -2.13. The monoisotopic (exact) mass is 426 g/mol. The second-order valence-electron chi connectivity index (χ2n) is 7.60. The Bertz CT molecular complexity index is 1120. The summed E-state index contributed by atoms with van der Waals surface area (Å²) < 4.78 is 35.8. The van der Waals surface area contributed by atoms with E-state index in [-0.39, 0.29) is 11.4 Å². The summed E-state index contributed by atoms with van der Waals surface area (Å²) >= 11 is 0. The van der Waals surface area contributed by atoms with Gasteiger partial charge in [-0.25, -0.2) is 13.1 Å². The van der Waals surface area contributed by atoms with Crippen LogP contribution < -0.4 is 9.46 Å². The number of nitrogens with one attached hydrogen (secondary N) is 1. The lowest BCUT2D eigenvalue weighted by molar-refractivity contribution is 0.402. The number of hydrogen-bond acceptors (Lipinski definition) is 5. The van der Waals surface area contributed by atoms with Crippen LogP contribution >= 0.6 is 0 Å². The molecule has 0 amide bonds. The number of rotatable bonds is 7. The van der Waals surface area contributed by atoms with Crippen molar-refractivity contribution >= 4 is 10.0 Å². The number of aryl methyl sites for hydroxylation is 1. The minimum atomic E-state index is -3.75. The van der Waals surface area contributed by atoms with Gasteiger partial charge in [-0.2, -0.15) is 5.10 Å². The van der Waals surface area contributed by atoms with Crippen molar-refractivity contribution in [3.05, 3.63) is 59.9 Å². The zero-order chi connectivity index (χ0) is 21.1. The Morgan fingerprint density at radius 3 is 2.67 bits per heavy atom. The highest BCUT2D eigenvalue weighted by molar-refractivity contribution is 7.89. The highest BCUT2D eigenvalue weighted by Crippen LogP contribution is 2.33. The Kier molecular flexibility index (Phi) is 5.87. The molecule has 0 bridgehead atoms. The molecule has 8 heteroatoms. The van der Waals surface area contributed by atoms with Crippen LogP contribution in [0.5, 0.6) is 5.75 Å². The molecule has 2 aromatic heterocycles. The molecule has 1 aromatic carbocycles. The second-order valence-corrected chi connectivity index (χ2v) is 9.33. The van der Waals surface area contributed by atoms with Crippen molar-refractivity contribution in [2.45, 2.75) is 50.1 Å². The molecule has 0 unspecified atom stereocenters. The summed E-state index contributed by atoms with van der Waals surface area (Å²) in [6.45, 7) is 1.94. The van der Waals surface area contributed by atoms with Gasteiger partial charge in [0.05, 0.1) is 36.8 Å². The predicted octanol–water partition coefficient (Wildman–Crippen LogP) is 3.86. The third-order valence-corrected chi connectivity index (χ3v) is 6.86. The van der Waals surface area contributed by atoms with Crippen molar-refractivity contribution in [1.29, 1.82) is 0 Å². The zero-order valence-electron chi connectivity index (χ0n) is 17.2. The van der Waals surface area contributed by atoms with Crippen LogP contribution in [0.15, 0.2) is 53.6 Å². The maximum atomic E-state index is 12.9. The molecule has 0 atom stereocenters. The molecule has 0 aliphatic heterocycles. The quantitative estimate of drug-likeness (QED) is 0.620. The molecule has 3 aromatic rings. The summed E-state index contributed by atoms with van der Waals surface area (Å²) in [6.07, 6.45) is 6.27. The minimum absolute atomic E-state index is 0.0962. The minimum Gasteiger partial charge on any atom is -0.495 e. The molecule has 4 rings (SSSR count). The average Bonchev–Trinajstić information content (AvgIpc) is 3.43. The molecule has 1 saturated carbocycles. The van der Waals surface area contributed by atoms with Gasteiger partial charge in [0.1, 0.15) is 10.6 Å². The predicted molar refractivity (Wildman–Crippen MR) is 115 cm³/mol. The number of methoxy groups -OCH3 is 1. The number of nitrogens with zero attached hydrogens (tertiary/aromatic N) is 3. The van der Waals surface area contributed by atoms with E-state index in [1.807, 2.05) is 41.9 Å². The summed E-state index contributed by atoms with van der Waals surface area (Å²) in [6, 6.07) is 13.1. The Labute approximate surface area is 177 Å². The maximum Gasteiger partial charge on any atom is 0.244 e. The Morgan fingerprint density at radius 1 is 1.17 bits per heavy atom. The van der Waals surface area contributed by atoms with Crippen molar-refractivity contribution in [2.24, 2.45) is 0 Å². The van der Waals surface area contributed by atoms with Gasteiger partial charge in [-0.15, -0.1) is 0 Å². The SMILES string of the molecule is COc1ccc(C)cc1S(=O)(=O)NCc1cc(-c2ccccn2)n(C2CCCC2)n1. The smallest absolute Gasteiger partial charge is 0.244 e. The van der Waals surface area contributed by atoms with Gasteiger partial charge in [0, 0.05) is 6.20 Å². The van der Waals surface area contributed by atoms with Crippen LogP contribution in [0.25, 0.3) is 11.4 Å². The second kappa shape index (κ2) is 8.57. The van der Waals surface area contributed by atoms with E-state index < -0.39 is 10.0 Å². The molecule has 0 radical (unpaired) electrons. The fraction of sp³-hybridized carbons (Fsp3) is 0.364. The van der Waals surface area contributed by atoms with E-state index in [0.29, 0.717) is 17.5 Å². The standard InChI is InChI=1S/C22H26N4O3S/c1-16-10-11-21(29-2)22(13-16)30(27,28)24-15-17-14-20(19-9-5-6-12-23-19)26(25-17)18-7-3-4-8-18/h5-6,9-14,18,24H,3-4,7-8,15H2,1-2H3. The lowest BCUT2D eigenvalue weighted by atomic mass is 10.2. The van der Waals surface area contributed by atoms with Crippen LogP contribution in [0.4, 0.5) is 0 Å². The third-order valence-electron chi connectivity index (χ3n) is 5.44. The van der Waals surface area contributed by atoms with Crippen molar-refractivity contribution in [3.8, 4) is 17.1 Å².